The van der Waals surface area contributed by atoms with Crippen LogP contribution in [0.4, 0.5) is 0 Å². The maximum atomic E-state index is 12.8. The van der Waals surface area contributed by atoms with Crippen LogP contribution >= 0.6 is 0 Å². The molecule has 120 valence electrons. The zero-order valence-corrected chi connectivity index (χ0v) is 14.0. The average molecular weight is 305 g/mol. The first-order chi connectivity index (χ1) is 9.51. The molecule has 5 nitrogen and oxygen atoms in total. The Kier molecular flexibility index (Phi) is 7.43. The number of nitrogens with zero attached hydrogens (tertiary/aromatic N) is 2. The van der Waals surface area contributed by atoms with E-state index in [9.17, 15) is 8.42 Å². The van der Waals surface area contributed by atoms with Crippen LogP contribution in [0, 0.1) is 5.92 Å². The molecule has 0 amide bonds. The SMILES string of the molecule is CCC(CC)CN(CC)S(=O)(=O)N1CCCCC1CN. The minimum Gasteiger partial charge on any atom is -0.329 e. The van der Waals surface area contributed by atoms with Gasteiger partial charge in [-0.3, -0.25) is 0 Å². The summed E-state index contributed by atoms with van der Waals surface area (Å²) in [6, 6.07) is -0.0236. The van der Waals surface area contributed by atoms with E-state index in [-0.39, 0.29) is 6.04 Å². The van der Waals surface area contributed by atoms with Crippen molar-refractivity contribution in [3.8, 4) is 0 Å². The van der Waals surface area contributed by atoms with Crippen LogP contribution < -0.4 is 5.73 Å². The van der Waals surface area contributed by atoms with Gasteiger partial charge in [-0.15, -0.1) is 0 Å². The summed E-state index contributed by atoms with van der Waals surface area (Å²) in [6.45, 7) is 8.36. The zero-order chi connectivity index (χ0) is 15.2. The maximum Gasteiger partial charge on any atom is 0.282 e. The lowest BCUT2D eigenvalue weighted by Crippen LogP contribution is -2.53. The van der Waals surface area contributed by atoms with Gasteiger partial charge in [0.25, 0.3) is 10.2 Å². The lowest BCUT2D eigenvalue weighted by atomic mass is 10.0. The van der Waals surface area contributed by atoms with Crippen LogP contribution in [-0.4, -0.2) is 49.2 Å². The predicted molar refractivity (Wildman–Crippen MR) is 83.6 cm³/mol. The van der Waals surface area contributed by atoms with E-state index in [0.717, 1.165) is 32.1 Å². The summed E-state index contributed by atoms with van der Waals surface area (Å²) >= 11 is 0. The second-order valence-electron chi connectivity index (χ2n) is 5.64. The van der Waals surface area contributed by atoms with Crippen molar-refractivity contribution in [2.24, 2.45) is 11.7 Å². The Morgan fingerprint density at radius 3 is 2.40 bits per heavy atom. The molecule has 1 rings (SSSR count). The summed E-state index contributed by atoms with van der Waals surface area (Å²) in [6.07, 6.45) is 4.94. The van der Waals surface area contributed by atoms with Crippen LogP contribution in [-0.2, 0) is 10.2 Å². The van der Waals surface area contributed by atoms with Gasteiger partial charge < -0.3 is 5.73 Å². The normalized spacial score (nSPS) is 21.8. The summed E-state index contributed by atoms with van der Waals surface area (Å²) in [7, 11) is -3.36. The molecule has 1 aliphatic heterocycles. The highest BCUT2D eigenvalue weighted by Crippen LogP contribution is 2.23. The number of hydrogen-bond acceptors (Lipinski definition) is 3. The van der Waals surface area contributed by atoms with Gasteiger partial charge in [-0.25, -0.2) is 0 Å². The fraction of sp³-hybridized carbons (Fsp3) is 1.00. The third-order valence-electron chi connectivity index (χ3n) is 4.44. The molecule has 1 unspecified atom stereocenters. The second kappa shape index (κ2) is 8.32. The molecule has 1 saturated heterocycles. The number of nitrogens with two attached hydrogens (primary N) is 1. The fourth-order valence-corrected chi connectivity index (χ4v) is 4.83. The van der Waals surface area contributed by atoms with Crippen molar-refractivity contribution in [1.29, 1.82) is 0 Å². The van der Waals surface area contributed by atoms with Crippen molar-refractivity contribution in [2.45, 2.75) is 58.9 Å². The van der Waals surface area contributed by atoms with E-state index in [4.69, 9.17) is 5.73 Å². The Labute approximate surface area is 124 Å². The molecule has 0 saturated carbocycles. The van der Waals surface area contributed by atoms with E-state index >= 15 is 0 Å². The predicted octanol–water partition coefficient (Wildman–Crippen LogP) is 1.80. The minimum absolute atomic E-state index is 0.0236. The van der Waals surface area contributed by atoms with Gasteiger partial charge in [-0.1, -0.05) is 40.0 Å². The minimum atomic E-state index is -3.36. The van der Waals surface area contributed by atoms with Crippen molar-refractivity contribution in [1.82, 2.24) is 8.61 Å². The van der Waals surface area contributed by atoms with Gasteiger partial charge in [0, 0.05) is 32.2 Å². The molecular weight excluding hydrogens is 274 g/mol. The van der Waals surface area contributed by atoms with Crippen LogP contribution in [0.15, 0.2) is 0 Å². The lowest BCUT2D eigenvalue weighted by Gasteiger charge is -2.38. The van der Waals surface area contributed by atoms with Crippen molar-refractivity contribution >= 4 is 10.2 Å². The highest BCUT2D eigenvalue weighted by molar-refractivity contribution is 7.86. The molecule has 6 heteroatoms. The van der Waals surface area contributed by atoms with E-state index < -0.39 is 10.2 Å². The van der Waals surface area contributed by atoms with Crippen LogP contribution in [0.1, 0.15) is 52.9 Å². The first kappa shape index (κ1) is 17.9. The molecule has 0 aromatic carbocycles. The lowest BCUT2D eigenvalue weighted by molar-refractivity contribution is 0.228. The van der Waals surface area contributed by atoms with E-state index in [1.54, 1.807) is 8.61 Å². The van der Waals surface area contributed by atoms with E-state index in [2.05, 4.69) is 13.8 Å². The van der Waals surface area contributed by atoms with Gasteiger partial charge in [0.05, 0.1) is 0 Å². The Balaban J connectivity index is 2.87. The average Bonchev–Trinajstić information content (AvgIpc) is 2.48. The molecule has 0 aromatic heterocycles. The number of rotatable bonds is 8. The molecule has 0 spiro atoms. The summed E-state index contributed by atoms with van der Waals surface area (Å²) in [5.41, 5.74) is 5.76. The highest BCUT2D eigenvalue weighted by Gasteiger charge is 2.35. The van der Waals surface area contributed by atoms with Crippen LogP contribution in [0.3, 0.4) is 0 Å². The first-order valence-electron chi connectivity index (χ1n) is 7.98. The van der Waals surface area contributed by atoms with Crippen molar-refractivity contribution in [3.63, 3.8) is 0 Å². The van der Waals surface area contributed by atoms with Crippen molar-refractivity contribution in [2.75, 3.05) is 26.2 Å². The van der Waals surface area contributed by atoms with Crippen LogP contribution in [0.5, 0.6) is 0 Å². The Hall–Kier alpha value is -0.170. The van der Waals surface area contributed by atoms with Crippen LogP contribution in [0.25, 0.3) is 0 Å². The second-order valence-corrected chi connectivity index (χ2v) is 7.52. The maximum absolute atomic E-state index is 12.8. The molecule has 0 radical (unpaired) electrons. The highest BCUT2D eigenvalue weighted by atomic mass is 32.2. The summed E-state index contributed by atoms with van der Waals surface area (Å²) in [4.78, 5) is 0. The monoisotopic (exact) mass is 305 g/mol. The largest absolute Gasteiger partial charge is 0.329 e. The number of piperidine rings is 1. The topological polar surface area (TPSA) is 66.6 Å². The molecule has 0 aromatic rings. The molecule has 1 atom stereocenters. The molecule has 0 aliphatic carbocycles. The van der Waals surface area contributed by atoms with E-state index in [1.165, 1.54) is 0 Å². The Morgan fingerprint density at radius 1 is 1.25 bits per heavy atom. The molecule has 0 bridgehead atoms. The zero-order valence-electron chi connectivity index (χ0n) is 13.2. The third-order valence-corrected chi connectivity index (χ3v) is 6.57. The standard InChI is InChI=1S/C14H31N3O2S/c1-4-13(5-2)12-16(6-3)20(18,19)17-10-8-7-9-14(17)11-15/h13-14H,4-12,15H2,1-3H3. The molecule has 1 fully saturated rings. The van der Waals surface area contributed by atoms with E-state index in [0.29, 0.717) is 32.1 Å². The summed E-state index contributed by atoms with van der Waals surface area (Å²) in [5.74, 6) is 0.436. The van der Waals surface area contributed by atoms with Gasteiger partial charge in [0.2, 0.25) is 0 Å². The smallest absolute Gasteiger partial charge is 0.282 e. The third kappa shape index (κ3) is 4.16. The van der Waals surface area contributed by atoms with Crippen molar-refractivity contribution < 1.29 is 8.42 Å². The Morgan fingerprint density at radius 2 is 1.90 bits per heavy atom. The van der Waals surface area contributed by atoms with Crippen molar-refractivity contribution in [3.05, 3.63) is 0 Å². The summed E-state index contributed by atoms with van der Waals surface area (Å²) in [5, 5.41) is 0. The fourth-order valence-electron chi connectivity index (χ4n) is 2.88. The molecule has 1 aliphatic rings. The number of hydrogen-bond donors (Lipinski definition) is 1. The summed E-state index contributed by atoms with van der Waals surface area (Å²) < 4.78 is 29.0. The molecule has 2 N–H and O–H groups in total. The van der Waals surface area contributed by atoms with Gasteiger partial charge in [-0.2, -0.15) is 17.0 Å². The molecule has 20 heavy (non-hydrogen) atoms. The van der Waals surface area contributed by atoms with Gasteiger partial charge in [0.15, 0.2) is 0 Å². The van der Waals surface area contributed by atoms with Crippen LogP contribution in [0.2, 0.25) is 0 Å². The quantitative estimate of drug-likeness (QED) is 0.743. The van der Waals surface area contributed by atoms with E-state index in [1.807, 2.05) is 6.92 Å². The first-order valence-corrected chi connectivity index (χ1v) is 9.37. The van der Waals surface area contributed by atoms with Gasteiger partial charge >= 0.3 is 0 Å². The Bertz CT molecular complexity index is 369. The van der Waals surface area contributed by atoms with Gasteiger partial charge in [-0.05, 0) is 18.8 Å². The molecule has 1 heterocycles. The molecular formula is C14H31N3O2S. The van der Waals surface area contributed by atoms with Gasteiger partial charge in [0.1, 0.15) is 0 Å².